The van der Waals surface area contributed by atoms with Crippen molar-refractivity contribution in [2.24, 2.45) is 23.5 Å². The van der Waals surface area contributed by atoms with E-state index in [2.05, 4.69) is 40.9 Å². The molecule has 8 unspecified atom stereocenters. The number of carbonyl (C=O) groups excluding carboxylic acids is 9. The fourth-order valence-corrected chi connectivity index (χ4v) is 13.8. The number of aliphatic hydroxyl groups is 9. The summed E-state index contributed by atoms with van der Waals surface area (Å²) in [7, 11) is -1.10. The summed E-state index contributed by atoms with van der Waals surface area (Å²) in [4.78, 5) is 127. The minimum Gasteiger partial charge on any atom is -0.396 e. The first-order chi connectivity index (χ1) is 55.6. The third kappa shape index (κ3) is 48.6. The lowest BCUT2D eigenvalue weighted by molar-refractivity contribution is -0.282. The molecule has 3 fully saturated rings. The number of hydrogen-bond acceptors (Lipinski definition) is 29. The van der Waals surface area contributed by atoms with E-state index in [0.717, 1.165) is 32.8 Å². The Morgan fingerprint density at radius 2 is 0.914 bits per heavy atom. The van der Waals surface area contributed by atoms with Gasteiger partial charge in [-0.2, -0.15) is 0 Å². The molecule has 116 heavy (non-hydrogen) atoms. The molecule has 2 aliphatic heterocycles. The number of nitrogens with zero attached hydrogens (tertiary/aromatic N) is 1. The summed E-state index contributed by atoms with van der Waals surface area (Å²) in [5, 5.41) is 107. The van der Waals surface area contributed by atoms with Gasteiger partial charge in [-0.15, -0.1) is 0 Å². The summed E-state index contributed by atoms with van der Waals surface area (Å²) in [6.45, 7) is 10.3. The van der Waals surface area contributed by atoms with Crippen molar-refractivity contribution in [2.75, 3.05) is 119 Å². The lowest BCUT2D eigenvalue weighted by Gasteiger charge is -2.42. The molecule has 2 saturated heterocycles. The summed E-state index contributed by atoms with van der Waals surface area (Å²) in [6, 6.07) is -1.95. The number of methoxy groups -OCH3 is 1. The van der Waals surface area contributed by atoms with Gasteiger partial charge in [0.05, 0.1) is 70.0 Å². The molecule has 0 spiro atoms. The standard InChI is InChI=1S/C70H125N7O24.C7H18NO4P.C2H6/c1-46-54(40-49(43-78)65(92)63(46)90)97-36-17-5-8-28-59(87)74-34-21-35-75-61(89)42-77(41-51(83)22-11-14-31-71-57(85)27-10-7-19-38-99-70-62(76-48(3)81)68(95)67(94)56(45-80)101-70)52(24-12-15-32-73-60(88)29-20-23-50(82)30-39-96-4)53(84)25-13-16-33-72-58(86)26-9-6-18-37-98-69-47(2)64(91)66(93)55(44-79)100-69;1-11-13(9,10)12-7-5-3-2-4-6-8;1-2/h46-47,49,52,54-56,62-70,78-80,90-95H,5-45H2,1-4H3,(H,71,85)(H,72,86)(H,73,88)(H,74,87)(H,75,89)(H,76,81);2-8H2,1H3,(H,9,10);1-2H3/t46?,47?,49?,52?,54-,55?,56?,62?,63-,64-,65+,66+,67+,68-,69-,70-;;/m1../s1. The molecule has 0 radical (unpaired) electrons. The number of aliphatic hydroxyl groups excluding tert-OH is 9. The van der Waals surface area contributed by atoms with Crippen LogP contribution in [0, 0.1) is 17.8 Å². The summed E-state index contributed by atoms with van der Waals surface area (Å²) in [5.74, 6) is -3.38. The van der Waals surface area contributed by atoms with Gasteiger partial charge in [-0.05, 0) is 122 Å². The quantitative estimate of drug-likeness (QED) is 0.0305. The maximum atomic E-state index is 14.4. The van der Waals surface area contributed by atoms with Gasteiger partial charge in [0.1, 0.15) is 53.9 Å². The monoisotopic (exact) mass is 1690 g/mol. The number of phosphoric ester groups is 1. The van der Waals surface area contributed by atoms with Gasteiger partial charge in [0, 0.05) is 149 Å². The predicted molar refractivity (Wildman–Crippen MR) is 429 cm³/mol. The average molecular weight is 1690 g/mol. The number of Topliss-reactive ketones (excluding diaryl/α,β-unsaturated/α-hetero) is 3. The molecule has 3 aliphatic rings. The number of nitrogens with one attached hydrogen (secondary N) is 6. The van der Waals surface area contributed by atoms with Crippen molar-refractivity contribution in [3.05, 3.63) is 0 Å². The van der Waals surface area contributed by atoms with Crippen molar-refractivity contribution in [1.82, 2.24) is 36.8 Å². The zero-order valence-corrected chi connectivity index (χ0v) is 71.2. The third-order valence-corrected chi connectivity index (χ3v) is 21.3. The Hall–Kier alpha value is -4.74. The zero-order valence-electron chi connectivity index (χ0n) is 70.3. The van der Waals surface area contributed by atoms with E-state index in [1.165, 1.54) is 14.0 Å². The van der Waals surface area contributed by atoms with Gasteiger partial charge in [-0.1, -0.05) is 59.8 Å². The summed E-state index contributed by atoms with van der Waals surface area (Å²) < 4.78 is 53.3. The molecular weight excluding hydrogens is 1540 g/mol. The molecule has 1 aliphatic carbocycles. The fraction of sp³-hybridized carbons (Fsp3) is 0.886. The minimum atomic E-state index is -3.75. The first-order valence-electron chi connectivity index (χ1n) is 42.3. The highest BCUT2D eigenvalue weighted by Crippen LogP contribution is 2.42. The van der Waals surface area contributed by atoms with Gasteiger partial charge in [-0.3, -0.25) is 57.1 Å². The smallest absolute Gasteiger partial charge is 0.396 e. The van der Waals surface area contributed by atoms with E-state index in [-0.39, 0.29) is 170 Å². The number of ketones is 3. The van der Waals surface area contributed by atoms with Crippen LogP contribution in [0.4, 0.5) is 0 Å². The Bertz CT molecular complexity index is 2720. The molecule has 36 nitrogen and oxygen atoms in total. The summed E-state index contributed by atoms with van der Waals surface area (Å²) >= 11 is 0. The van der Waals surface area contributed by atoms with Crippen molar-refractivity contribution in [2.45, 2.75) is 313 Å². The first kappa shape index (κ1) is 109. The lowest BCUT2D eigenvalue weighted by Crippen LogP contribution is -2.64. The number of amides is 6. The summed E-state index contributed by atoms with van der Waals surface area (Å²) in [5.41, 5.74) is 5.30. The van der Waals surface area contributed by atoms with E-state index in [1.807, 2.05) is 13.8 Å². The highest BCUT2D eigenvalue weighted by Gasteiger charge is 2.46. The number of ether oxygens (including phenoxy) is 6. The fourth-order valence-electron chi connectivity index (χ4n) is 13.3. The van der Waals surface area contributed by atoms with Crippen LogP contribution in [-0.2, 0) is 85.2 Å². The normalized spacial score (nSPS) is 23.9. The van der Waals surface area contributed by atoms with Crippen molar-refractivity contribution in [3.63, 3.8) is 0 Å². The van der Waals surface area contributed by atoms with Crippen molar-refractivity contribution >= 4 is 60.6 Å². The molecule has 18 N–H and O–H groups in total. The van der Waals surface area contributed by atoms with Gasteiger partial charge in [0.15, 0.2) is 12.6 Å². The Labute approximate surface area is 686 Å². The Kier molecular flexibility index (Phi) is 63.0. The molecule has 17 atom stereocenters. The van der Waals surface area contributed by atoms with Gasteiger partial charge >= 0.3 is 7.82 Å². The number of nitrogens with two attached hydrogens (primary N) is 1. The Balaban J connectivity index is 0.00000406. The third-order valence-electron chi connectivity index (χ3n) is 20.4. The molecule has 0 aromatic heterocycles. The highest BCUT2D eigenvalue weighted by atomic mass is 31.2. The second-order valence-electron chi connectivity index (χ2n) is 29.9. The molecule has 678 valence electrons. The number of unbranched alkanes of at least 4 members (excludes halogenated alkanes) is 12. The molecule has 0 bridgehead atoms. The lowest BCUT2D eigenvalue weighted by atomic mass is 9.77. The molecular formula is C79H149N8O28P. The van der Waals surface area contributed by atoms with Crippen LogP contribution in [0.15, 0.2) is 0 Å². The van der Waals surface area contributed by atoms with Crippen molar-refractivity contribution in [3.8, 4) is 0 Å². The molecule has 1 saturated carbocycles. The van der Waals surface area contributed by atoms with Crippen LogP contribution < -0.4 is 37.6 Å². The van der Waals surface area contributed by atoms with Crippen LogP contribution in [0.3, 0.4) is 0 Å². The first-order valence-corrected chi connectivity index (χ1v) is 43.8. The number of rotatable bonds is 65. The van der Waals surface area contributed by atoms with Crippen LogP contribution in [-0.4, -0.2) is 308 Å². The number of phosphoric acid groups is 1. The summed E-state index contributed by atoms with van der Waals surface area (Å²) in [6.07, 6.45) is 3.31. The highest BCUT2D eigenvalue weighted by molar-refractivity contribution is 7.47. The molecule has 0 aromatic carbocycles. The zero-order chi connectivity index (χ0) is 86.6. The Morgan fingerprint density at radius 3 is 1.44 bits per heavy atom. The van der Waals surface area contributed by atoms with E-state index in [0.29, 0.717) is 148 Å². The maximum absolute atomic E-state index is 14.4. The minimum absolute atomic E-state index is 0.00283. The number of hydrogen-bond donors (Lipinski definition) is 17. The van der Waals surface area contributed by atoms with Crippen LogP contribution in [0.1, 0.15) is 234 Å². The van der Waals surface area contributed by atoms with Gasteiger partial charge in [0.2, 0.25) is 35.4 Å². The van der Waals surface area contributed by atoms with Crippen LogP contribution in [0.2, 0.25) is 0 Å². The SMILES string of the molecule is CC.COCCC(=O)CCCC(=O)NCCCCC(C(=O)CCCCNC(=O)CCCCCO[C@@H]1OC(CO)[C@H](O)[C@H](O)C1C)N(CC(=O)CCCCNC(=O)CCCCCO[C@@H]1OC(CO)[C@H](O)[C@H](O)C1NC(C)=O)CC(=O)NCCCNC(=O)CCCCCO[C@@H]1CC(CO)[C@H](O)[C@H](O)C1C.COP(=O)(O)OCCCCCCN. The largest absolute Gasteiger partial charge is 0.471 e. The predicted octanol–water partition coefficient (Wildman–Crippen LogP) is 1.84. The van der Waals surface area contributed by atoms with Crippen molar-refractivity contribution in [1.29, 1.82) is 0 Å². The maximum Gasteiger partial charge on any atom is 0.471 e. The second-order valence-corrected chi connectivity index (χ2v) is 31.4. The van der Waals surface area contributed by atoms with Crippen molar-refractivity contribution < 1.29 is 136 Å². The van der Waals surface area contributed by atoms with Gasteiger partial charge in [-0.25, -0.2) is 4.57 Å². The average Bonchev–Trinajstić information content (AvgIpc) is 0.584. The van der Waals surface area contributed by atoms with E-state index in [4.69, 9.17) is 39.0 Å². The van der Waals surface area contributed by atoms with Crippen LogP contribution in [0.25, 0.3) is 0 Å². The van der Waals surface area contributed by atoms with Gasteiger partial charge in [0.25, 0.3) is 0 Å². The van der Waals surface area contributed by atoms with E-state index in [9.17, 15) is 93.7 Å². The number of carbonyl (C=O) groups is 9. The molecule has 3 rings (SSSR count). The van der Waals surface area contributed by atoms with Crippen LogP contribution in [0.5, 0.6) is 0 Å². The van der Waals surface area contributed by atoms with E-state index < -0.39 is 118 Å². The molecule has 0 aromatic rings. The van der Waals surface area contributed by atoms with Crippen LogP contribution >= 0.6 is 7.82 Å². The van der Waals surface area contributed by atoms with Gasteiger partial charge < -0.3 is 117 Å². The molecule has 2 heterocycles. The Morgan fingerprint density at radius 1 is 0.466 bits per heavy atom. The topological polar surface area (TPSA) is 548 Å². The second kappa shape index (κ2) is 66.9. The van der Waals surface area contributed by atoms with E-state index in [1.54, 1.807) is 18.7 Å². The van der Waals surface area contributed by atoms with E-state index >= 15 is 0 Å². The molecule has 37 heteroatoms. The molecule has 6 amide bonds.